The second kappa shape index (κ2) is 7.43. The molecule has 3 aromatic heterocycles. The second-order valence-electron chi connectivity index (χ2n) is 8.41. The van der Waals surface area contributed by atoms with Crippen molar-refractivity contribution in [2.24, 2.45) is 0 Å². The van der Waals surface area contributed by atoms with Crippen molar-refractivity contribution in [1.82, 2.24) is 24.5 Å². The molecule has 1 aliphatic rings. The summed E-state index contributed by atoms with van der Waals surface area (Å²) in [6.45, 7) is 0. The fraction of sp³-hybridized carbons (Fsp3) is 0.0690. The average Bonchev–Trinajstić information content (AvgIpc) is 3.51. The van der Waals surface area contributed by atoms with E-state index in [0.717, 1.165) is 56.7 Å². The third-order valence-electron chi connectivity index (χ3n) is 6.29. The molecule has 0 radical (unpaired) electrons. The SMILES string of the molecule is c1c2c3ccccc3[nH]c2c2ccn(-c3nc(C4=CCCC=C4)nc(-c4ccccc4)n3)c2c#1. The molecule has 5 heteroatoms. The van der Waals surface area contributed by atoms with Gasteiger partial charge in [-0.2, -0.15) is 9.97 Å². The predicted molar refractivity (Wildman–Crippen MR) is 135 cm³/mol. The lowest BCUT2D eigenvalue weighted by atomic mass is 10.1. The maximum atomic E-state index is 4.88. The van der Waals surface area contributed by atoms with Gasteiger partial charge in [-0.3, -0.25) is 4.57 Å². The number of allylic oxidation sites excluding steroid dienone is 4. The fourth-order valence-electron chi connectivity index (χ4n) is 4.62. The zero-order valence-electron chi connectivity index (χ0n) is 18.3. The van der Waals surface area contributed by atoms with E-state index in [1.165, 1.54) is 0 Å². The van der Waals surface area contributed by atoms with E-state index in [-0.39, 0.29) is 0 Å². The molecule has 0 saturated carbocycles. The van der Waals surface area contributed by atoms with Gasteiger partial charge in [0.15, 0.2) is 11.6 Å². The van der Waals surface area contributed by atoms with Gasteiger partial charge in [0.1, 0.15) is 5.52 Å². The highest BCUT2D eigenvalue weighted by molar-refractivity contribution is 6.15. The minimum Gasteiger partial charge on any atom is -0.353 e. The minimum absolute atomic E-state index is 0.568. The molecule has 7 rings (SSSR count). The number of rotatable bonds is 3. The van der Waals surface area contributed by atoms with Crippen LogP contribution in [0, 0.1) is 12.1 Å². The normalized spacial score (nSPS) is 13.5. The number of hydrogen-bond donors (Lipinski definition) is 1. The van der Waals surface area contributed by atoms with Crippen molar-refractivity contribution in [2.75, 3.05) is 0 Å². The Morgan fingerprint density at radius 2 is 1.65 bits per heavy atom. The number of aromatic nitrogens is 5. The maximum absolute atomic E-state index is 4.88. The number of aromatic amines is 1. The Balaban J connectivity index is 1.46. The second-order valence-corrected chi connectivity index (χ2v) is 8.41. The summed E-state index contributed by atoms with van der Waals surface area (Å²) in [4.78, 5) is 18.1. The molecule has 160 valence electrons. The molecule has 0 unspecified atom stereocenters. The summed E-state index contributed by atoms with van der Waals surface area (Å²) < 4.78 is 1.97. The van der Waals surface area contributed by atoms with E-state index in [1.54, 1.807) is 0 Å². The third kappa shape index (κ3) is 2.93. The van der Waals surface area contributed by atoms with Crippen LogP contribution in [0.5, 0.6) is 0 Å². The van der Waals surface area contributed by atoms with Crippen molar-refractivity contribution in [2.45, 2.75) is 12.8 Å². The maximum Gasteiger partial charge on any atom is 0.238 e. The van der Waals surface area contributed by atoms with Gasteiger partial charge in [0.25, 0.3) is 0 Å². The van der Waals surface area contributed by atoms with E-state index in [0.29, 0.717) is 17.6 Å². The molecule has 3 heterocycles. The van der Waals surface area contributed by atoms with Crippen molar-refractivity contribution in [3.05, 3.63) is 103 Å². The Morgan fingerprint density at radius 3 is 2.53 bits per heavy atom. The van der Waals surface area contributed by atoms with Crippen molar-refractivity contribution >= 4 is 38.3 Å². The molecule has 0 saturated heterocycles. The summed E-state index contributed by atoms with van der Waals surface area (Å²) in [7, 11) is 0. The van der Waals surface area contributed by atoms with Crippen LogP contribution in [-0.2, 0) is 0 Å². The summed E-state index contributed by atoms with van der Waals surface area (Å²) in [6, 6.07) is 27.1. The zero-order chi connectivity index (χ0) is 22.5. The Bertz CT molecular complexity index is 1750. The van der Waals surface area contributed by atoms with Crippen molar-refractivity contribution in [3.8, 4) is 17.3 Å². The van der Waals surface area contributed by atoms with Gasteiger partial charge in [0.2, 0.25) is 5.95 Å². The molecule has 5 nitrogen and oxygen atoms in total. The van der Waals surface area contributed by atoms with Gasteiger partial charge in [-0.15, -0.1) is 0 Å². The molecule has 34 heavy (non-hydrogen) atoms. The lowest BCUT2D eigenvalue weighted by Crippen LogP contribution is -2.07. The molecule has 0 spiro atoms. The van der Waals surface area contributed by atoms with Crippen LogP contribution >= 0.6 is 0 Å². The fourth-order valence-corrected chi connectivity index (χ4v) is 4.62. The average molecular weight is 438 g/mol. The predicted octanol–water partition coefficient (Wildman–Crippen LogP) is 6.45. The van der Waals surface area contributed by atoms with Crippen molar-refractivity contribution < 1.29 is 0 Å². The van der Waals surface area contributed by atoms with Gasteiger partial charge in [0, 0.05) is 33.6 Å². The highest BCUT2D eigenvalue weighted by atomic mass is 15.2. The largest absolute Gasteiger partial charge is 0.353 e. The summed E-state index contributed by atoms with van der Waals surface area (Å²) in [5.74, 6) is 1.90. The van der Waals surface area contributed by atoms with Crippen molar-refractivity contribution in [3.63, 3.8) is 0 Å². The molecule has 3 aromatic carbocycles. The summed E-state index contributed by atoms with van der Waals surface area (Å²) in [5, 5.41) is 3.25. The lowest BCUT2D eigenvalue weighted by molar-refractivity contribution is 0.911. The summed E-state index contributed by atoms with van der Waals surface area (Å²) in [5.41, 5.74) is 5.00. The summed E-state index contributed by atoms with van der Waals surface area (Å²) in [6.07, 6.45) is 10.5. The summed E-state index contributed by atoms with van der Waals surface area (Å²) >= 11 is 0. The topological polar surface area (TPSA) is 59.4 Å². The van der Waals surface area contributed by atoms with Crippen molar-refractivity contribution in [1.29, 1.82) is 0 Å². The third-order valence-corrected chi connectivity index (χ3v) is 6.29. The number of hydrogen-bond acceptors (Lipinski definition) is 3. The Labute approximate surface area is 196 Å². The first-order valence-electron chi connectivity index (χ1n) is 11.4. The van der Waals surface area contributed by atoms with Crippen LogP contribution in [0.2, 0.25) is 0 Å². The Kier molecular flexibility index (Phi) is 4.12. The molecule has 1 N–H and O–H groups in total. The molecular formula is C29H19N5. The molecule has 1 aliphatic carbocycles. The van der Waals surface area contributed by atoms with Gasteiger partial charge in [-0.25, -0.2) is 4.98 Å². The Hall–Kier alpha value is -4.69. The van der Waals surface area contributed by atoms with Crippen LogP contribution in [0.3, 0.4) is 0 Å². The van der Waals surface area contributed by atoms with Crippen LogP contribution in [0.15, 0.2) is 85.1 Å². The molecule has 0 amide bonds. The molecular weight excluding hydrogens is 418 g/mol. The van der Waals surface area contributed by atoms with Crippen LogP contribution in [0.25, 0.3) is 55.6 Å². The van der Waals surface area contributed by atoms with E-state index >= 15 is 0 Å². The number of nitrogens with one attached hydrogen (secondary N) is 1. The molecule has 0 atom stereocenters. The van der Waals surface area contributed by atoms with Gasteiger partial charge < -0.3 is 4.98 Å². The van der Waals surface area contributed by atoms with E-state index in [4.69, 9.17) is 15.0 Å². The van der Waals surface area contributed by atoms with Crippen LogP contribution in [-0.4, -0.2) is 24.5 Å². The Morgan fingerprint density at radius 1 is 0.794 bits per heavy atom. The van der Waals surface area contributed by atoms with E-state index in [1.807, 2.05) is 53.2 Å². The van der Waals surface area contributed by atoms with Gasteiger partial charge >= 0.3 is 0 Å². The van der Waals surface area contributed by atoms with Crippen LogP contribution in [0.1, 0.15) is 18.7 Å². The van der Waals surface area contributed by atoms with Gasteiger partial charge in [-0.05, 0) is 31.0 Å². The first kappa shape index (κ1) is 18.8. The van der Waals surface area contributed by atoms with E-state index in [2.05, 4.69) is 53.5 Å². The highest BCUT2D eigenvalue weighted by Crippen LogP contribution is 2.31. The number of nitrogens with zero attached hydrogens (tertiary/aromatic N) is 4. The molecule has 6 aromatic rings. The van der Waals surface area contributed by atoms with Gasteiger partial charge in [0.05, 0.1) is 10.9 Å². The van der Waals surface area contributed by atoms with Crippen LogP contribution < -0.4 is 0 Å². The highest BCUT2D eigenvalue weighted by Gasteiger charge is 2.16. The number of fused-ring (bicyclic) bond motifs is 5. The molecule has 0 bridgehead atoms. The quantitative estimate of drug-likeness (QED) is 0.346. The van der Waals surface area contributed by atoms with E-state index in [9.17, 15) is 0 Å². The first-order chi connectivity index (χ1) is 16.8. The van der Waals surface area contributed by atoms with Gasteiger partial charge in [-0.1, -0.05) is 72.8 Å². The van der Waals surface area contributed by atoms with Crippen LogP contribution in [0.4, 0.5) is 0 Å². The number of para-hydroxylation sites is 1. The monoisotopic (exact) mass is 437 g/mol. The molecule has 0 fully saturated rings. The number of benzene rings is 2. The zero-order valence-corrected chi connectivity index (χ0v) is 18.3. The smallest absolute Gasteiger partial charge is 0.238 e. The van der Waals surface area contributed by atoms with E-state index < -0.39 is 0 Å². The first-order valence-corrected chi connectivity index (χ1v) is 11.4. The lowest BCUT2D eigenvalue weighted by Gasteiger charge is -2.11. The molecule has 0 aliphatic heterocycles. The number of H-pyrrole nitrogens is 1. The standard InChI is InChI=1S/C29H19N5/c1-3-9-19(10-4-1)27-31-28(20-11-5-2-6-12-20)33-29(32-27)34-18-17-23-25(34)16-15-22-21-13-7-8-14-24(21)30-26(22)23/h1,3-5,7-14,17-18,30H,2,6H2. The minimum atomic E-state index is 0.568.